The van der Waals surface area contributed by atoms with Crippen molar-refractivity contribution in [3.8, 4) is 5.75 Å². The monoisotopic (exact) mass is 280 g/mol. The van der Waals surface area contributed by atoms with E-state index in [2.05, 4.69) is 4.74 Å². The van der Waals surface area contributed by atoms with Crippen LogP contribution in [0.4, 0.5) is 4.79 Å². The molecule has 0 aliphatic rings. The fourth-order valence-corrected chi connectivity index (χ4v) is 1.45. The third kappa shape index (κ3) is 6.24. The van der Waals surface area contributed by atoms with E-state index in [1.54, 1.807) is 26.2 Å². The molecule has 1 rings (SSSR count). The van der Waals surface area contributed by atoms with E-state index in [1.165, 1.54) is 7.11 Å². The number of ether oxygens (including phenoxy) is 4. The summed E-state index contributed by atoms with van der Waals surface area (Å²) in [7, 11) is 2.91. The van der Waals surface area contributed by atoms with Crippen LogP contribution in [-0.4, -0.2) is 33.1 Å². The van der Waals surface area contributed by atoms with Crippen molar-refractivity contribution >= 4 is 6.16 Å². The molecule has 0 aliphatic heterocycles. The van der Waals surface area contributed by atoms with Crippen LogP contribution in [-0.2, 0) is 20.8 Å². The van der Waals surface area contributed by atoms with Gasteiger partial charge in [-0.3, -0.25) is 0 Å². The van der Waals surface area contributed by atoms with Crippen LogP contribution in [0.15, 0.2) is 36.4 Å². The maximum absolute atomic E-state index is 10.8. The van der Waals surface area contributed by atoms with E-state index >= 15 is 0 Å². The highest BCUT2D eigenvalue weighted by Crippen LogP contribution is 2.11. The Morgan fingerprint density at radius 3 is 2.55 bits per heavy atom. The molecule has 0 N–H and O–H groups in total. The zero-order valence-electron chi connectivity index (χ0n) is 12.0. The van der Waals surface area contributed by atoms with Crippen molar-refractivity contribution < 1.29 is 23.7 Å². The number of hydrogen-bond acceptors (Lipinski definition) is 5. The Hall–Kier alpha value is -2.01. The lowest BCUT2D eigenvalue weighted by Crippen LogP contribution is -2.12. The third-order valence-corrected chi connectivity index (χ3v) is 2.50. The van der Waals surface area contributed by atoms with Crippen molar-refractivity contribution in [2.75, 3.05) is 20.8 Å². The molecule has 0 fully saturated rings. The average Bonchev–Trinajstić information content (AvgIpc) is 2.47. The second kappa shape index (κ2) is 8.98. The number of carbonyl (C=O) groups excluding carboxylic acids is 1. The Morgan fingerprint density at radius 1 is 1.25 bits per heavy atom. The first-order valence-corrected chi connectivity index (χ1v) is 6.27. The predicted molar refractivity (Wildman–Crippen MR) is 74.7 cm³/mol. The molecule has 1 unspecified atom stereocenters. The molecule has 5 heteroatoms. The molecule has 1 aromatic rings. The number of hydrogen-bond donors (Lipinski definition) is 0. The first-order valence-electron chi connectivity index (χ1n) is 6.27. The molecule has 0 saturated carbocycles. The lowest BCUT2D eigenvalue weighted by Gasteiger charge is -2.07. The van der Waals surface area contributed by atoms with Crippen molar-refractivity contribution in [1.29, 1.82) is 0 Å². The molecule has 1 atom stereocenters. The highest BCUT2D eigenvalue weighted by atomic mass is 16.7. The molecule has 5 nitrogen and oxygen atoms in total. The Morgan fingerprint density at radius 2 is 1.95 bits per heavy atom. The smallest absolute Gasteiger partial charge is 0.497 e. The molecule has 110 valence electrons. The zero-order valence-corrected chi connectivity index (χ0v) is 12.0. The minimum absolute atomic E-state index is 0.341. The molecule has 1 aromatic carbocycles. The molecule has 0 saturated heterocycles. The second-order valence-electron chi connectivity index (χ2n) is 4.07. The Balaban J connectivity index is 2.21. The first-order chi connectivity index (χ1) is 9.65. The van der Waals surface area contributed by atoms with Crippen molar-refractivity contribution in [3.05, 3.63) is 42.0 Å². The molecule has 0 amide bonds. The summed E-state index contributed by atoms with van der Waals surface area (Å²) in [6.07, 6.45) is 2.51. The van der Waals surface area contributed by atoms with E-state index in [0.29, 0.717) is 13.2 Å². The number of rotatable bonds is 7. The first kappa shape index (κ1) is 16.0. The van der Waals surface area contributed by atoms with E-state index in [9.17, 15) is 4.79 Å². The van der Waals surface area contributed by atoms with Crippen LogP contribution >= 0.6 is 0 Å². The summed E-state index contributed by atoms with van der Waals surface area (Å²) in [6.45, 7) is 2.71. The highest BCUT2D eigenvalue weighted by molar-refractivity contribution is 5.59. The summed E-state index contributed by atoms with van der Waals surface area (Å²) in [5.74, 6) is 0.822. The van der Waals surface area contributed by atoms with E-state index in [-0.39, 0.29) is 6.10 Å². The van der Waals surface area contributed by atoms with Crippen LogP contribution in [0.25, 0.3) is 0 Å². The van der Waals surface area contributed by atoms with Crippen LogP contribution in [0.5, 0.6) is 5.75 Å². The summed E-state index contributed by atoms with van der Waals surface area (Å²) in [6, 6.07) is 7.68. The summed E-state index contributed by atoms with van der Waals surface area (Å²) in [5.41, 5.74) is 1.07. The molecule has 0 heterocycles. The molecule has 0 aliphatic carbocycles. The van der Waals surface area contributed by atoms with Gasteiger partial charge < -0.3 is 18.9 Å². The van der Waals surface area contributed by atoms with Crippen LogP contribution < -0.4 is 4.74 Å². The number of methoxy groups -OCH3 is 2. The van der Waals surface area contributed by atoms with Gasteiger partial charge >= 0.3 is 6.16 Å². The van der Waals surface area contributed by atoms with Crippen LogP contribution in [0.1, 0.15) is 12.5 Å². The minimum Gasteiger partial charge on any atom is -0.497 e. The summed E-state index contributed by atoms with van der Waals surface area (Å²) in [4.78, 5) is 10.8. The third-order valence-electron chi connectivity index (χ3n) is 2.50. The number of benzene rings is 1. The SMILES string of the molecule is COC(=O)OC(C)/C=C\COCc1ccc(OC)cc1. The van der Waals surface area contributed by atoms with E-state index in [1.807, 2.05) is 24.3 Å². The van der Waals surface area contributed by atoms with Crippen LogP contribution in [0.2, 0.25) is 0 Å². The van der Waals surface area contributed by atoms with Crippen molar-refractivity contribution in [2.24, 2.45) is 0 Å². The molecule has 20 heavy (non-hydrogen) atoms. The number of carbonyl (C=O) groups is 1. The van der Waals surface area contributed by atoms with Gasteiger partial charge in [0, 0.05) is 0 Å². The topological polar surface area (TPSA) is 54.0 Å². The standard InChI is InChI=1S/C15H20O5/c1-12(20-15(16)18-3)5-4-10-19-11-13-6-8-14(17-2)9-7-13/h4-9,12H,10-11H2,1-3H3/b5-4-. The summed E-state index contributed by atoms with van der Waals surface area (Å²) >= 11 is 0. The van der Waals surface area contributed by atoms with Crippen LogP contribution in [0.3, 0.4) is 0 Å². The lowest BCUT2D eigenvalue weighted by molar-refractivity contribution is 0.0574. The maximum Gasteiger partial charge on any atom is 0.508 e. The van der Waals surface area contributed by atoms with Gasteiger partial charge in [-0.05, 0) is 30.7 Å². The summed E-state index contributed by atoms with van der Waals surface area (Å²) in [5, 5.41) is 0. The van der Waals surface area contributed by atoms with Crippen molar-refractivity contribution in [3.63, 3.8) is 0 Å². The molecular formula is C15H20O5. The second-order valence-corrected chi connectivity index (χ2v) is 4.07. The van der Waals surface area contributed by atoms with Gasteiger partial charge in [0.15, 0.2) is 0 Å². The molecule has 0 radical (unpaired) electrons. The van der Waals surface area contributed by atoms with Gasteiger partial charge in [-0.25, -0.2) is 4.79 Å². The maximum atomic E-state index is 10.8. The summed E-state index contributed by atoms with van der Waals surface area (Å²) < 4.78 is 19.8. The van der Waals surface area contributed by atoms with Gasteiger partial charge in [0.25, 0.3) is 0 Å². The predicted octanol–water partition coefficient (Wildman–Crippen LogP) is 2.94. The fraction of sp³-hybridized carbons (Fsp3) is 0.400. The molecule has 0 bridgehead atoms. The van der Waals surface area contributed by atoms with Gasteiger partial charge in [-0.15, -0.1) is 0 Å². The zero-order chi connectivity index (χ0) is 14.8. The van der Waals surface area contributed by atoms with Gasteiger partial charge in [0.2, 0.25) is 0 Å². The Kier molecular flexibility index (Phi) is 7.21. The van der Waals surface area contributed by atoms with E-state index in [4.69, 9.17) is 14.2 Å². The van der Waals surface area contributed by atoms with Crippen molar-refractivity contribution in [2.45, 2.75) is 19.6 Å². The van der Waals surface area contributed by atoms with Crippen molar-refractivity contribution in [1.82, 2.24) is 0 Å². The van der Waals surface area contributed by atoms with Gasteiger partial charge in [0.1, 0.15) is 11.9 Å². The van der Waals surface area contributed by atoms with Crippen LogP contribution in [0, 0.1) is 0 Å². The highest BCUT2D eigenvalue weighted by Gasteiger charge is 2.04. The van der Waals surface area contributed by atoms with E-state index in [0.717, 1.165) is 11.3 Å². The van der Waals surface area contributed by atoms with Gasteiger partial charge in [-0.1, -0.05) is 18.2 Å². The fourth-order valence-electron chi connectivity index (χ4n) is 1.45. The molecule has 0 aromatic heterocycles. The molecular weight excluding hydrogens is 260 g/mol. The quantitative estimate of drug-likeness (QED) is 0.436. The normalized spacial score (nSPS) is 12.2. The van der Waals surface area contributed by atoms with Gasteiger partial charge in [0.05, 0.1) is 27.4 Å². The molecule has 0 spiro atoms. The van der Waals surface area contributed by atoms with Gasteiger partial charge in [-0.2, -0.15) is 0 Å². The largest absolute Gasteiger partial charge is 0.508 e. The average molecular weight is 280 g/mol. The Bertz CT molecular complexity index is 424. The Labute approximate surface area is 119 Å². The lowest BCUT2D eigenvalue weighted by atomic mass is 10.2. The minimum atomic E-state index is -0.693. The van der Waals surface area contributed by atoms with E-state index < -0.39 is 6.16 Å².